The molecule has 2 unspecified atom stereocenters. The summed E-state index contributed by atoms with van der Waals surface area (Å²) in [4.78, 5) is 0. The van der Waals surface area contributed by atoms with Crippen LogP contribution in [-0.4, -0.2) is 25.3 Å². The topological polar surface area (TPSA) is 21.3 Å². The van der Waals surface area contributed by atoms with Gasteiger partial charge in [-0.3, -0.25) is 0 Å². The third-order valence-corrected chi connectivity index (χ3v) is 4.34. The lowest BCUT2D eigenvalue weighted by atomic mass is 9.80. The van der Waals surface area contributed by atoms with Crippen LogP contribution in [0.15, 0.2) is 0 Å². The summed E-state index contributed by atoms with van der Waals surface area (Å²) < 4.78 is 6.07. The Balaban J connectivity index is 2.02. The fourth-order valence-electron chi connectivity index (χ4n) is 3.53. The highest BCUT2D eigenvalue weighted by atomic mass is 16.5. The smallest absolute Gasteiger partial charge is 0.0809 e. The van der Waals surface area contributed by atoms with Crippen LogP contribution in [0.25, 0.3) is 0 Å². The fraction of sp³-hybridized carbons (Fsp3) is 1.00. The lowest BCUT2D eigenvalue weighted by Crippen LogP contribution is -2.54. The Bertz CT molecular complexity index is 193. The van der Waals surface area contributed by atoms with Gasteiger partial charge in [-0.05, 0) is 52.0 Å². The van der Waals surface area contributed by atoms with E-state index in [4.69, 9.17) is 4.74 Å². The van der Waals surface area contributed by atoms with Gasteiger partial charge in [0.05, 0.1) is 5.60 Å². The summed E-state index contributed by atoms with van der Waals surface area (Å²) >= 11 is 0. The first-order chi connectivity index (χ1) is 7.26. The van der Waals surface area contributed by atoms with Gasteiger partial charge in [-0.25, -0.2) is 0 Å². The van der Waals surface area contributed by atoms with Crippen LogP contribution >= 0.6 is 0 Å². The van der Waals surface area contributed by atoms with E-state index in [0.717, 1.165) is 12.5 Å². The maximum atomic E-state index is 6.07. The van der Waals surface area contributed by atoms with Crippen molar-refractivity contribution in [2.24, 2.45) is 5.92 Å². The van der Waals surface area contributed by atoms with Gasteiger partial charge >= 0.3 is 0 Å². The zero-order chi connectivity index (χ0) is 10.7. The molecule has 2 fully saturated rings. The van der Waals surface area contributed by atoms with Crippen LogP contribution < -0.4 is 5.32 Å². The highest BCUT2D eigenvalue weighted by Crippen LogP contribution is 2.37. The molecule has 0 amide bonds. The van der Waals surface area contributed by atoms with Crippen LogP contribution in [-0.2, 0) is 4.74 Å². The van der Waals surface area contributed by atoms with Crippen LogP contribution in [0.3, 0.4) is 0 Å². The molecule has 88 valence electrons. The molecule has 15 heavy (non-hydrogen) atoms. The molecule has 0 aromatic heterocycles. The molecule has 0 radical (unpaired) electrons. The first-order valence-corrected chi connectivity index (χ1v) is 6.57. The molecule has 1 aliphatic carbocycles. The standard InChI is InChI=1S/C13H25NO/c1-13(9-5-6-10-15-13)12(14-2)11-7-3-4-8-11/h11-12,14H,3-10H2,1-2H3. The van der Waals surface area contributed by atoms with Crippen molar-refractivity contribution >= 4 is 0 Å². The predicted octanol–water partition coefficient (Wildman–Crippen LogP) is 2.72. The zero-order valence-electron chi connectivity index (χ0n) is 10.2. The Hall–Kier alpha value is -0.0800. The Morgan fingerprint density at radius 1 is 1.20 bits per heavy atom. The maximum absolute atomic E-state index is 6.07. The van der Waals surface area contributed by atoms with Gasteiger partial charge in [0.1, 0.15) is 0 Å². The average Bonchev–Trinajstić information content (AvgIpc) is 2.73. The van der Waals surface area contributed by atoms with Crippen molar-refractivity contribution in [2.45, 2.75) is 63.5 Å². The van der Waals surface area contributed by atoms with Crippen molar-refractivity contribution < 1.29 is 4.74 Å². The number of likely N-dealkylation sites (N-methyl/N-ethyl adjacent to an activating group) is 1. The molecule has 2 heteroatoms. The van der Waals surface area contributed by atoms with Crippen molar-refractivity contribution in [1.82, 2.24) is 5.32 Å². The van der Waals surface area contributed by atoms with Crippen molar-refractivity contribution in [3.8, 4) is 0 Å². The number of hydrogen-bond donors (Lipinski definition) is 1. The molecule has 2 rings (SSSR count). The van der Waals surface area contributed by atoms with Crippen LogP contribution in [0.2, 0.25) is 0 Å². The molecule has 1 heterocycles. The number of hydrogen-bond acceptors (Lipinski definition) is 2. The number of ether oxygens (including phenoxy) is 1. The predicted molar refractivity (Wildman–Crippen MR) is 63.0 cm³/mol. The molecule has 2 aliphatic rings. The number of nitrogens with one attached hydrogen (secondary N) is 1. The zero-order valence-corrected chi connectivity index (χ0v) is 10.2. The van der Waals surface area contributed by atoms with E-state index in [0.29, 0.717) is 6.04 Å². The van der Waals surface area contributed by atoms with E-state index >= 15 is 0 Å². The molecule has 0 bridgehead atoms. The molecule has 2 nitrogen and oxygen atoms in total. The third-order valence-electron chi connectivity index (χ3n) is 4.34. The van der Waals surface area contributed by atoms with Gasteiger partial charge in [-0.15, -0.1) is 0 Å². The Morgan fingerprint density at radius 3 is 2.47 bits per heavy atom. The third kappa shape index (κ3) is 2.36. The summed E-state index contributed by atoms with van der Waals surface area (Å²) in [6, 6.07) is 0.570. The summed E-state index contributed by atoms with van der Waals surface area (Å²) in [5.74, 6) is 0.845. The largest absolute Gasteiger partial charge is 0.374 e. The molecule has 1 aliphatic heterocycles. The van der Waals surface area contributed by atoms with E-state index in [1.807, 2.05) is 0 Å². The second-order valence-corrected chi connectivity index (χ2v) is 5.43. The van der Waals surface area contributed by atoms with E-state index in [2.05, 4.69) is 19.3 Å². The molecule has 2 atom stereocenters. The molecule has 0 aromatic carbocycles. The highest BCUT2D eigenvalue weighted by Gasteiger charge is 2.40. The normalized spacial score (nSPS) is 35.6. The van der Waals surface area contributed by atoms with Gasteiger partial charge in [-0.2, -0.15) is 0 Å². The van der Waals surface area contributed by atoms with Crippen LogP contribution in [0.5, 0.6) is 0 Å². The van der Waals surface area contributed by atoms with E-state index in [-0.39, 0.29) is 5.60 Å². The van der Waals surface area contributed by atoms with Gasteiger partial charge in [0.2, 0.25) is 0 Å². The number of rotatable bonds is 3. The van der Waals surface area contributed by atoms with Crippen molar-refractivity contribution in [1.29, 1.82) is 0 Å². The second kappa shape index (κ2) is 4.84. The summed E-state index contributed by atoms with van der Waals surface area (Å²) in [5.41, 5.74) is 0.0992. The lowest BCUT2D eigenvalue weighted by Gasteiger charge is -2.43. The second-order valence-electron chi connectivity index (χ2n) is 5.43. The van der Waals surface area contributed by atoms with Crippen LogP contribution in [0.1, 0.15) is 51.9 Å². The van der Waals surface area contributed by atoms with E-state index in [1.54, 1.807) is 0 Å². The van der Waals surface area contributed by atoms with Gasteiger partial charge in [0.15, 0.2) is 0 Å². The van der Waals surface area contributed by atoms with Crippen LogP contribution in [0, 0.1) is 5.92 Å². The van der Waals surface area contributed by atoms with Crippen LogP contribution in [0.4, 0.5) is 0 Å². The highest BCUT2D eigenvalue weighted by molar-refractivity contribution is 4.96. The fourth-order valence-corrected chi connectivity index (χ4v) is 3.53. The first kappa shape index (κ1) is 11.4. The molecule has 1 saturated heterocycles. The summed E-state index contributed by atoms with van der Waals surface area (Å²) in [6.07, 6.45) is 9.43. The average molecular weight is 211 g/mol. The lowest BCUT2D eigenvalue weighted by molar-refractivity contribution is -0.0984. The molecule has 0 spiro atoms. The Kier molecular flexibility index (Phi) is 3.68. The monoisotopic (exact) mass is 211 g/mol. The summed E-state index contributed by atoms with van der Waals surface area (Å²) in [5, 5.41) is 3.53. The van der Waals surface area contributed by atoms with Crippen molar-refractivity contribution in [3.05, 3.63) is 0 Å². The van der Waals surface area contributed by atoms with E-state index in [9.17, 15) is 0 Å². The quantitative estimate of drug-likeness (QED) is 0.775. The van der Waals surface area contributed by atoms with Gasteiger partial charge < -0.3 is 10.1 Å². The minimum atomic E-state index is 0.0992. The molecule has 1 saturated carbocycles. The minimum Gasteiger partial charge on any atom is -0.374 e. The first-order valence-electron chi connectivity index (χ1n) is 6.57. The van der Waals surface area contributed by atoms with Gasteiger partial charge in [0.25, 0.3) is 0 Å². The summed E-state index contributed by atoms with van der Waals surface area (Å²) in [7, 11) is 2.10. The SMILES string of the molecule is CNC(C1CCCC1)C1(C)CCCCO1. The van der Waals surface area contributed by atoms with E-state index < -0.39 is 0 Å². The minimum absolute atomic E-state index is 0.0992. The molecular formula is C13H25NO. The maximum Gasteiger partial charge on any atom is 0.0809 e. The van der Waals surface area contributed by atoms with Crippen molar-refractivity contribution in [2.75, 3.05) is 13.7 Å². The molecular weight excluding hydrogens is 186 g/mol. The molecule has 1 N–H and O–H groups in total. The van der Waals surface area contributed by atoms with E-state index in [1.165, 1.54) is 44.9 Å². The Labute approximate surface area is 93.8 Å². The van der Waals surface area contributed by atoms with Crippen molar-refractivity contribution in [3.63, 3.8) is 0 Å². The van der Waals surface area contributed by atoms with Gasteiger partial charge in [0, 0.05) is 12.6 Å². The van der Waals surface area contributed by atoms with Gasteiger partial charge in [-0.1, -0.05) is 12.8 Å². The Morgan fingerprint density at radius 2 is 1.93 bits per heavy atom. The summed E-state index contributed by atoms with van der Waals surface area (Å²) in [6.45, 7) is 3.27. The molecule has 0 aromatic rings.